The molecule has 0 amide bonds. The topological polar surface area (TPSA) is 63.3 Å². The average molecular weight is 921 g/mol. The quantitative estimate of drug-likeness (QED) is 0.0799. The number of pyridine rings is 1. The van der Waals surface area contributed by atoms with Crippen molar-refractivity contribution in [3.05, 3.63) is 101 Å². The van der Waals surface area contributed by atoms with Crippen LogP contribution in [0.4, 0.5) is 0 Å². The second kappa shape index (κ2) is 17.5. The molecule has 4 nitrogen and oxygen atoms in total. The van der Waals surface area contributed by atoms with Gasteiger partial charge in [-0.3, -0.25) is 9.78 Å². The zero-order valence-electron chi connectivity index (χ0n) is 34.1. The van der Waals surface area contributed by atoms with Crippen molar-refractivity contribution in [1.82, 2.24) is 4.98 Å². The van der Waals surface area contributed by atoms with E-state index in [1.807, 2.05) is 41.5 Å². The molecule has 0 atom stereocenters. The van der Waals surface area contributed by atoms with E-state index in [0.717, 1.165) is 76.6 Å². The summed E-state index contributed by atoms with van der Waals surface area (Å²) in [5.41, 5.74) is 7.01. The van der Waals surface area contributed by atoms with Gasteiger partial charge in [-0.05, 0) is 71.7 Å². The second-order valence-corrected chi connectivity index (χ2v) is 17.5. The van der Waals surface area contributed by atoms with Crippen LogP contribution < -0.4 is 0 Å². The molecule has 289 valence electrons. The van der Waals surface area contributed by atoms with Crippen molar-refractivity contribution in [2.24, 2.45) is 16.7 Å². The third-order valence-electron chi connectivity index (χ3n) is 11.4. The number of hydrogen-bond donors (Lipinski definition) is 1. The maximum atomic E-state index is 12.2. The van der Waals surface area contributed by atoms with Crippen LogP contribution >= 0.6 is 11.3 Å². The Bertz CT molecular complexity index is 2240. The van der Waals surface area contributed by atoms with Crippen molar-refractivity contribution >= 4 is 49.1 Å². The van der Waals surface area contributed by atoms with Gasteiger partial charge in [-0.1, -0.05) is 124 Å². The van der Waals surface area contributed by atoms with Gasteiger partial charge in [0.1, 0.15) is 17.1 Å². The maximum absolute atomic E-state index is 12.2. The van der Waals surface area contributed by atoms with E-state index < -0.39 is 0 Å². The number of aromatic nitrogens is 1. The standard InChI is InChI=1S/C33H30NOS.C15H28O2.Ir/c1-20(2)14-25-16-23-11-10-22(18-31(23)35-25)27-19-30(34-29-12-13-36-32(27)29)24-15-21-8-6-7-9-26(21)28(17-24)33(3,4)5;1-7-14(5,8-2)12(16)11-13(17)15(6,9-3)10-4;/h6-13,16-20H,14H2,1-5H3;11,16H,7-10H2,1-6H3;/q-1;;/b;12-11-;. The van der Waals surface area contributed by atoms with E-state index in [9.17, 15) is 9.90 Å². The van der Waals surface area contributed by atoms with Gasteiger partial charge in [-0.15, -0.1) is 40.5 Å². The van der Waals surface area contributed by atoms with Crippen LogP contribution in [0.2, 0.25) is 0 Å². The molecule has 3 aromatic heterocycles. The van der Waals surface area contributed by atoms with Crippen molar-refractivity contribution < 1.29 is 34.4 Å². The summed E-state index contributed by atoms with van der Waals surface area (Å²) in [7, 11) is 0. The first kappa shape index (κ1) is 43.2. The van der Waals surface area contributed by atoms with E-state index in [2.05, 4.69) is 113 Å². The number of carbonyl (C=O) groups is 1. The Hall–Kier alpha value is -3.57. The summed E-state index contributed by atoms with van der Waals surface area (Å²) in [6, 6.07) is 27.6. The smallest absolute Gasteiger partial charge is 0.164 e. The molecule has 0 saturated carbocycles. The number of furan rings is 1. The van der Waals surface area contributed by atoms with Gasteiger partial charge in [-0.25, -0.2) is 0 Å². The van der Waals surface area contributed by atoms with Crippen molar-refractivity contribution in [2.75, 3.05) is 0 Å². The Kier molecular flexibility index (Phi) is 14.0. The third-order valence-corrected chi connectivity index (χ3v) is 12.3. The minimum absolute atomic E-state index is 0. The van der Waals surface area contributed by atoms with Crippen LogP contribution in [0.15, 0.2) is 88.4 Å². The van der Waals surface area contributed by atoms with Crippen LogP contribution in [-0.4, -0.2) is 15.9 Å². The van der Waals surface area contributed by atoms with Crippen LogP contribution in [0.25, 0.3) is 54.3 Å². The summed E-state index contributed by atoms with van der Waals surface area (Å²) in [6.07, 6.45) is 5.71. The van der Waals surface area contributed by atoms with Gasteiger partial charge in [0.15, 0.2) is 5.78 Å². The predicted molar refractivity (Wildman–Crippen MR) is 227 cm³/mol. The van der Waals surface area contributed by atoms with Crippen molar-refractivity contribution in [3.63, 3.8) is 0 Å². The first-order valence-corrected chi connectivity index (χ1v) is 20.3. The minimum Gasteiger partial charge on any atom is -0.512 e. The zero-order valence-corrected chi connectivity index (χ0v) is 37.3. The molecule has 0 unspecified atom stereocenters. The van der Waals surface area contributed by atoms with Gasteiger partial charge in [0.2, 0.25) is 0 Å². The zero-order chi connectivity index (χ0) is 38.7. The molecule has 0 saturated heterocycles. The van der Waals surface area contributed by atoms with Crippen LogP contribution in [0.5, 0.6) is 0 Å². The fourth-order valence-electron chi connectivity index (χ4n) is 6.74. The molecule has 0 fully saturated rings. The number of nitrogens with zero attached hydrogens (tertiary/aromatic N) is 1. The number of benzene rings is 3. The summed E-state index contributed by atoms with van der Waals surface area (Å²) in [4.78, 5) is 17.3. The summed E-state index contributed by atoms with van der Waals surface area (Å²) < 4.78 is 7.43. The van der Waals surface area contributed by atoms with Gasteiger partial charge in [0.05, 0.1) is 10.2 Å². The average Bonchev–Trinajstić information content (AvgIpc) is 3.79. The van der Waals surface area contributed by atoms with Crippen LogP contribution in [0, 0.1) is 22.8 Å². The largest absolute Gasteiger partial charge is 0.512 e. The number of allylic oxidation sites excluding steroid dienone is 2. The number of carbonyl (C=O) groups excluding carboxylic acids is 1. The minimum atomic E-state index is -0.337. The van der Waals surface area contributed by atoms with E-state index in [4.69, 9.17) is 9.40 Å². The number of fused-ring (bicyclic) bond motifs is 3. The van der Waals surface area contributed by atoms with Gasteiger partial charge in [0, 0.05) is 54.5 Å². The molecular weight excluding hydrogens is 863 g/mol. The Morgan fingerprint density at radius 2 is 1.56 bits per heavy atom. The Labute approximate surface area is 340 Å². The molecule has 54 heavy (non-hydrogen) atoms. The molecule has 3 aromatic carbocycles. The Morgan fingerprint density at radius 3 is 2.19 bits per heavy atom. The summed E-state index contributed by atoms with van der Waals surface area (Å²) in [5.74, 6) is 1.90. The van der Waals surface area contributed by atoms with Crippen molar-refractivity contribution in [3.8, 4) is 22.4 Å². The fraction of sp³-hybridized carbons (Fsp3) is 0.417. The molecule has 1 radical (unpaired) electrons. The monoisotopic (exact) mass is 921 g/mol. The number of rotatable bonds is 11. The summed E-state index contributed by atoms with van der Waals surface area (Å²) >= 11 is 1.74. The molecule has 0 spiro atoms. The number of thiophene rings is 1. The fourth-order valence-corrected chi connectivity index (χ4v) is 7.61. The van der Waals surface area contributed by atoms with Crippen LogP contribution in [-0.2, 0) is 36.7 Å². The summed E-state index contributed by atoms with van der Waals surface area (Å²) in [6.45, 7) is 23.3. The van der Waals surface area contributed by atoms with E-state index in [0.29, 0.717) is 5.92 Å². The molecule has 0 aliphatic rings. The molecule has 6 rings (SSSR count). The number of aliphatic hydroxyl groups is 1. The van der Waals surface area contributed by atoms with E-state index in [-0.39, 0.29) is 47.9 Å². The first-order valence-electron chi connectivity index (χ1n) is 19.4. The molecule has 0 aliphatic carbocycles. The Balaban J connectivity index is 0.000000309. The molecule has 0 bridgehead atoms. The first-order chi connectivity index (χ1) is 25.0. The van der Waals surface area contributed by atoms with Gasteiger partial charge >= 0.3 is 0 Å². The van der Waals surface area contributed by atoms with E-state index >= 15 is 0 Å². The summed E-state index contributed by atoms with van der Waals surface area (Å²) in [5, 5.41) is 15.8. The van der Waals surface area contributed by atoms with Gasteiger partial charge < -0.3 is 9.52 Å². The van der Waals surface area contributed by atoms with E-state index in [1.165, 1.54) is 27.3 Å². The third kappa shape index (κ3) is 9.27. The normalized spacial score (nSPS) is 12.6. The molecule has 6 aromatic rings. The molecule has 1 N–H and O–H groups in total. The molecule has 0 aliphatic heterocycles. The van der Waals surface area contributed by atoms with E-state index in [1.54, 1.807) is 11.3 Å². The molecule has 6 heteroatoms. The predicted octanol–water partition coefficient (Wildman–Crippen LogP) is 14.5. The second-order valence-electron chi connectivity index (χ2n) is 16.6. The van der Waals surface area contributed by atoms with Gasteiger partial charge in [0.25, 0.3) is 0 Å². The van der Waals surface area contributed by atoms with Crippen molar-refractivity contribution in [2.45, 2.75) is 114 Å². The molecular formula is C48H58IrNO3S-. The molecule has 3 heterocycles. The van der Waals surface area contributed by atoms with Crippen LogP contribution in [0.1, 0.15) is 113 Å². The SMILES string of the molecule is CC(C)Cc1cc2ccc(-c3cc(-c4[c-]c5ccccc5c(C(C)(C)C)c4)nc4ccsc34)cc2o1.CCC(C)(CC)C(=O)/C=C(\O)C(C)(CC)CC.[Ir]. The van der Waals surface area contributed by atoms with Crippen LogP contribution in [0.3, 0.4) is 0 Å². The number of hydrogen-bond acceptors (Lipinski definition) is 5. The number of ketones is 1. The van der Waals surface area contributed by atoms with Gasteiger partial charge in [-0.2, -0.15) is 0 Å². The maximum Gasteiger partial charge on any atom is 0.164 e. The Morgan fingerprint density at radius 1 is 0.889 bits per heavy atom. The van der Waals surface area contributed by atoms with Crippen molar-refractivity contribution in [1.29, 1.82) is 0 Å². The number of aliphatic hydroxyl groups excluding tert-OH is 1.